The molecule has 1 saturated carbocycles. The minimum absolute atomic E-state index is 0. The van der Waals surface area contributed by atoms with Crippen molar-refractivity contribution in [2.75, 3.05) is 30.0 Å². The minimum atomic E-state index is -4.55. The lowest BCUT2D eigenvalue weighted by molar-refractivity contribution is -0.146. The number of aromatic nitrogens is 2. The van der Waals surface area contributed by atoms with Crippen LogP contribution in [-0.4, -0.2) is 35.9 Å². The van der Waals surface area contributed by atoms with Gasteiger partial charge in [-0.15, -0.1) is 12.4 Å². The fraction of sp³-hybridized carbons (Fsp3) is 0.500. The van der Waals surface area contributed by atoms with Gasteiger partial charge in [0.1, 0.15) is 0 Å². The molecule has 1 heterocycles. The Balaban J connectivity index is 0.00000461. The van der Waals surface area contributed by atoms with Crippen molar-refractivity contribution in [2.45, 2.75) is 71.1 Å². The van der Waals surface area contributed by atoms with Gasteiger partial charge < -0.3 is 14.5 Å². The minimum Gasteiger partial charge on any atom is -0.469 e. The second-order valence-corrected chi connectivity index (χ2v) is 12.1. The van der Waals surface area contributed by atoms with Gasteiger partial charge in [0.15, 0.2) is 5.82 Å². The third-order valence-electron chi connectivity index (χ3n) is 9.08. The van der Waals surface area contributed by atoms with Gasteiger partial charge in [0, 0.05) is 51.2 Å². The molecule has 0 amide bonds. The van der Waals surface area contributed by atoms with E-state index in [1.54, 1.807) is 4.68 Å². The van der Waals surface area contributed by atoms with E-state index < -0.39 is 11.7 Å². The molecule has 0 radical (unpaired) electrons. The van der Waals surface area contributed by atoms with Crippen molar-refractivity contribution in [2.24, 2.45) is 18.9 Å². The summed E-state index contributed by atoms with van der Waals surface area (Å²) in [6, 6.07) is 11.9. The lowest BCUT2D eigenvalue weighted by atomic mass is 9.81. The summed E-state index contributed by atoms with van der Waals surface area (Å²) in [6.07, 6.45) is 4.02. The number of nitrogens with zero attached hydrogens (tertiary/aromatic N) is 5. The van der Waals surface area contributed by atoms with E-state index in [0.29, 0.717) is 23.8 Å². The van der Waals surface area contributed by atoms with Crippen LogP contribution in [0.25, 0.3) is 0 Å². The Labute approximate surface area is 269 Å². The van der Waals surface area contributed by atoms with Crippen LogP contribution in [0.15, 0.2) is 42.6 Å². The van der Waals surface area contributed by atoms with Crippen molar-refractivity contribution in [3.63, 3.8) is 0 Å². The van der Waals surface area contributed by atoms with Crippen LogP contribution in [0.1, 0.15) is 72.4 Å². The molecule has 1 aromatic heterocycles. The van der Waals surface area contributed by atoms with Gasteiger partial charge in [-0.3, -0.25) is 9.48 Å². The number of esters is 1. The number of methoxy groups -OCH3 is 1. The van der Waals surface area contributed by atoms with Crippen LogP contribution in [0.4, 0.5) is 24.7 Å². The Hall–Kier alpha value is -3.71. The summed E-state index contributed by atoms with van der Waals surface area (Å²) in [5, 5.41) is 14.1. The first-order chi connectivity index (χ1) is 21.1. The van der Waals surface area contributed by atoms with Crippen LogP contribution in [-0.2, 0) is 48.7 Å². The van der Waals surface area contributed by atoms with Crippen LogP contribution in [0.5, 0.6) is 0 Å². The molecule has 11 heteroatoms. The molecule has 0 spiro atoms. The van der Waals surface area contributed by atoms with E-state index in [1.807, 2.05) is 30.3 Å². The maximum absolute atomic E-state index is 13.7. The van der Waals surface area contributed by atoms with E-state index in [2.05, 4.69) is 29.1 Å². The van der Waals surface area contributed by atoms with Crippen molar-refractivity contribution in [1.29, 1.82) is 5.26 Å². The lowest BCUT2D eigenvalue weighted by Gasteiger charge is -2.35. The standard InChI is InChI=1S/C34H40F3N5O2.ClH/c1-4-41(20-23-8-10-26(11-9-23)33(43)44-3)31-18-28-7-5-6-27(28)17-29(31)22-42(32-12-13-40(2)39-32)21-25-14-24(19-38)15-30(16-25)34(35,36)37;/h12-18,23,26H,4-11,20-22H2,1-3H3;1H. The fourth-order valence-electron chi connectivity index (χ4n) is 6.77. The molecule has 2 aromatic carbocycles. The van der Waals surface area contributed by atoms with Crippen LogP contribution >= 0.6 is 12.4 Å². The normalized spacial score (nSPS) is 17.6. The number of fused-ring (bicyclic) bond motifs is 1. The molecule has 0 bridgehead atoms. The fourth-order valence-corrected chi connectivity index (χ4v) is 6.77. The molecule has 2 aliphatic carbocycles. The number of aryl methyl sites for hydroxylation is 3. The molecule has 0 aliphatic heterocycles. The summed E-state index contributed by atoms with van der Waals surface area (Å²) in [6.45, 7) is 4.45. The number of anilines is 2. The monoisotopic (exact) mass is 643 g/mol. The number of carbonyl (C=O) groups is 1. The zero-order valence-corrected chi connectivity index (χ0v) is 26.9. The van der Waals surface area contributed by atoms with E-state index in [0.717, 1.165) is 81.4 Å². The number of rotatable bonds is 10. The maximum Gasteiger partial charge on any atom is 0.416 e. The number of alkyl halides is 3. The van der Waals surface area contributed by atoms with E-state index in [4.69, 9.17) is 4.74 Å². The second kappa shape index (κ2) is 14.6. The molecule has 7 nitrogen and oxygen atoms in total. The molecule has 3 aromatic rings. The van der Waals surface area contributed by atoms with Gasteiger partial charge in [0.05, 0.1) is 30.2 Å². The molecule has 242 valence electrons. The lowest BCUT2D eigenvalue weighted by Crippen LogP contribution is -2.34. The van der Waals surface area contributed by atoms with Crippen LogP contribution in [0, 0.1) is 23.2 Å². The Bertz CT molecular complexity index is 1520. The van der Waals surface area contributed by atoms with Gasteiger partial charge in [-0.1, -0.05) is 6.07 Å². The molecule has 2 aliphatic rings. The van der Waals surface area contributed by atoms with E-state index >= 15 is 0 Å². The molecule has 0 unspecified atom stereocenters. The third kappa shape index (κ3) is 8.12. The second-order valence-electron chi connectivity index (χ2n) is 12.1. The summed E-state index contributed by atoms with van der Waals surface area (Å²) < 4.78 is 47.8. The van der Waals surface area contributed by atoms with E-state index in [1.165, 1.54) is 24.3 Å². The van der Waals surface area contributed by atoms with Gasteiger partial charge in [0.25, 0.3) is 0 Å². The summed E-state index contributed by atoms with van der Waals surface area (Å²) in [4.78, 5) is 16.5. The first kappa shape index (κ1) is 34.2. The number of halogens is 4. The van der Waals surface area contributed by atoms with Gasteiger partial charge >= 0.3 is 12.1 Å². The van der Waals surface area contributed by atoms with Crippen molar-refractivity contribution in [1.82, 2.24) is 9.78 Å². The molecule has 45 heavy (non-hydrogen) atoms. The number of ether oxygens (including phenoxy) is 1. The van der Waals surface area contributed by atoms with Gasteiger partial charge in [-0.2, -0.15) is 23.5 Å². The number of carbonyl (C=O) groups excluding carboxylic acids is 1. The van der Waals surface area contributed by atoms with Crippen molar-refractivity contribution < 1.29 is 22.7 Å². The quantitative estimate of drug-likeness (QED) is 0.217. The predicted molar refractivity (Wildman–Crippen MR) is 170 cm³/mol. The zero-order chi connectivity index (χ0) is 31.4. The number of hydrogen-bond acceptors (Lipinski definition) is 6. The Morgan fingerprint density at radius 3 is 2.38 bits per heavy atom. The van der Waals surface area contributed by atoms with Crippen molar-refractivity contribution in [3.8, 4) is 6.07 Å². The third-order valence-corrected chi connectivity index (χ3v) is 9.08. The molecular weight excluding hydrogens is 603 g/mol. The summed E-state index contributed by atoms with van der Waals surface area (Å²) >= 11 is 0. The number of nitriles is 1. The van der Waals surface area contributed by atoms with Crippen LogP contribution in [0.3, 0.4) is 0 Å². The highest BCUT2D eigenvalue weighted by molar-refractivity contribution is 5.85. The van der Waals surface area contributed by atoms with Crippen molar-refractivity contribution in [3.05, 3.63) is 76.0 Å². The maximum atomic E-state index is 13.7. The van der Waals surface area contributed by atoms with E-state index in [9.17, 15) is 23.2 Å². The van der Waals surface area contributed by atoms with Gasteiger partial charge in [0.2, 0.25) is 0 Å². The Kier molecular flexibility index (Phi) is 11.1. The Morgan fingerprint density at radius 1 is 1.07 bits per heavy atom. The van der Waals surface area contributed by atoms with Gasteiger partial charge in [-0.05, 0) is 104 Å². The highest BCUT2D eigenvalue weighted by Gasteiger charge is 2.32. The first-order valence-electron chi connectivity index (χ1n) is 15.4. The zero-order valence-electron chi connectivity index (χ0n) is 26.1. The topological polar surface area (TPSA) is 74.4 Å². The Morgan fingerprint density at radius 2 is 1.78 bits per heavy atom. The summed E-state index contributed by atoms with van der Waals surface area (Å²) in [5.41, 5.74) is 4.49. The van der Waals surface area contributed by atoms with Crippen LogP contribution < -0.4 is 9.80 Å². The molecule has 1 fully saturated rings. The number of hydrogen-bond donors (Lipinski definition) is 0. The SMILES string of the molecule is CCN(CC1CCC(C(=O)OC)CC1)c1cc2c(cc1CN(Cc1cc(C#N)cc(C(F)(F)F)c1)c1ccn(C)n1)CCC2.Cl. The van der Waals surface area contributed by atoms with E-state index in [-0.39, 0.29) is 36.4 Å². The highest BCUT2D eigenvalue weighted by atomic mass is 35.5. The van der Waals surface area contributed by atoms with Gasteiger partial charge in [-0.25, -0.2) is 0 Å². The largest absolute Gasteiger partial charge is 0.469 e. The molecule has 5 rings (SSSR count). The first-order valence-corrected chi connectivity index (χ1v) is 15.4. The van der Waals surface area contributed by atoms with Crippen molar-refractivity contribution >= 4 is 29.9 Å². The highest BCUT2D eigenvalue weighted by Crippen LogP contribution is 2.36. The average Bonchev–Trinajstić information content (AvgIpc) is 3.67. The summed E-state index contributed by atoms with van der Waals surface area (Å²) in [5.74, 6) is 0.970. The van der Waals surface area contributed by atoms with Crippen LogP contribution in [0.2, 0.25) is 0 Å². The molecule has 0 atom stereocenters. The smallest absolute Gasteiger partial charge is 0.416 e. The summed E-state index contributed by atoms with van der Waals surface area (Å²) in [7, 11) is 3.26. The molecule has 0 saturated heterocycles. The average molecular weight is 644 g/mol. The predicted octanol–water partition coefficient (Wildman–Crippen LogP) is 7.23. The molecule has 0 N–H and O–H groups in total. The molecular formula is C34H41ClF3N5O2. The number of benzene rings is 2.